The van der Waals surface area contributed by atoms with E-state index in [4.69, 9.17) is 4.74 Å². The second kappa shape index (κ2) is 7.52. The molecule has 3 rings (SSSR count). The number of anilines is 1. The van der Waals surface area contributed by atoms with Gasteiger partial charge < -0.3 is 4.74 Å². The summed E-state index contributed by atoms with van der Waals surface area (Å²) in [4.78, 5) is 4.40. The van der Waals surface area contributed by atoms with Gasteiger partial charge in [0.1, 0.15) is 17.4 Å². The Morgan fingerprint density at radius 2 is 1.89 bits per heavy atom. The number of fused-ring (bicyclic) bond motifs is 1. The highest BCUT2D eigenvalue weighted by molar-refractivity contribution is 7.92. The van der Waals surface area contributed by atoms with Crippen molar-refractivity contribution in [3.05, 3.63) is 53.8 Å². The van der Waals surface area contributed by atoms with Crippen LogP contribution >= 0.6 is 0 Å². The molecule has 27 heavy (non-hydrogen) atoms. The predicted molar refractivity (Wildman–Crippen MR) is 106 cm³/mol. The Balaban J connectivity index is 2.01. The molecule has 0 bridgehead atoms. The maximum Gasteiger partial charge on any atom is 0.233 e. The summed E-state index contributed by atoms with van der Waals surface area (Å²) in [5, 5.41) is 0.803. The van der Waals surface area contributed by atoms with Gasteiger partial charge in [-0.2, -0.15) is 0 Å². The number of nitrogens with zero attached hydrogens (tertiary/aromatic N) is 1. The van der Waals surface area contributed by atoms with Crippen molar-refractivity contribution in [1.29, 1.82) is 0 Å². The summed E-state index contributed by atoms with van der Waals surface area (Å²) < 4.78 is 45.9. The molecule has 0 saturated heterocycles. The molecule has 3 aromatic rings. The van der Waals surface area contributed by atoms with Crippen LogP contribution < -0.4 is 9.46 Å². The largest absolute Gasteiger partial charge is 0.494 e. The van der Waals surface area contributed by atoms with Crippen molar-refractivity contribution in [2.45, 2.75) is 20.8 Å². The quantitative estimate of drug-likeness (QED) is 0.675. The van der Waals surface area contributed by atoms with Crippen LogP contribution in [0.4, 0.5) is 10.2 Å². The van der Waals surface area contributed by atoms with Crippen molar-refractivity contribution in [2.24, 2.45) is 0 Å². The van der Waals surface area contributed by atoms with Crippen molar-refractivity contribution >= 4 is 26.7 Å². The smallest absolute Gasteiger partial charge is 0.233 e. The van der Waals surface area contributed by atoms with Crippen LogP contribution in [0.5, 0.6) is 5.75 Å². The topological polar surface area (TPSA) is 68.3 Å². The van der Waals surface area contributed by atoms with Gasteiger partial charge in [-0.25, -0.2) is 17.8 Å². The zero-order valence-electron chi connectivity index (χ0n) is 15.4. The normalized spacial score (nSPS) is 11.6. The minimum Gasteiger partial charge on any atom is -0.494 e. The molecule has 0 amide bonds. The number of aromatic nitrogens is 1. The van der Waals surface area contributed by atoms with E-state index in [0.29, 0.717) is 40.4 Å². The first-order chi connectivity index (χ1) is 12.8. The molecule has 1 N–H and O–H groups in total. The first-order valence-electron chi connectivity index (χ1n) is 8.67. The van der Waals surface area contributed by atoms with E-state index in [2.05, 4.69) is 9.71 Å². The summed E-state index contributed by atoms with van der Waals surface area (Å²) in [6.07, 6.45) is 0. The zero-order valence-corrected chi connectivity index (χ0v) is 16.2. The lowest BCUT2D eigenvalue weighted by molar-refractivity contribution is 0.338. The van der Waals surface area contributed by atoms with Crippen LogP contribution in [-0.2, 0) is 10.0 Å². The SMILES string of the molecule is CCOc1ccc(-c2ccc3nc(NS(=O)(=O)CC)c(C)cc3c2)c(F)c1. The Kier molecular flexibility index (Phi) is 5.32. The molecule has 0 aliphatic rings. The van der Waals surface area contributed by atoms with Crippen LogP contribution in [0.2, 0.25) is 0 Å². The fraction of sp³-hybridized carbons (Fsp3) is 0.250. The van der Waals surface area contributed by atoms with Crippen molar-refractivity contribution in [2.75, 3.05) is 17.1 Å². The fourth-order valence-corrected chi connectivity index (χ4v) is 3.40. The third-order valence-electron chi connectivity index (χ3n) is 4.20. The maximum absolute atomic E-state index is 14.5. The van der Waals surface area contributed by atoms with E-state index in [0.717, 1.165) is 5.39 Å². The molecule has 7 heteroatoms. The highest BCUT2D eigenvalue weighted by Crippen LogP contribution is 2.30. The Morgan fingerprint density at radius 1 is 1.11 bits per heavy atom. The van der Waals surface area contributed by atoms with E-state index in [1.165, 1.54) is 6.07 Å². The third-order valence-corrected chi connectivity index (χ3v) is 5.46. The van der Waals surface area contributed by atoms with Gasteiger partial charge in [-0.15, -0.1) is 0 Å². The summed E-state index contributed by atoms with van der Waals surface area (Å²) >= 11 is 0. The van der Waals surface area contributed by atoms with Gasteiger partial charge in [0.15, 0.2) is 0 Å². The van der Waals surface area contributed by atoms with E-state index >= 15 is 0 Å². The average Bonchev–Trinajstić information content (AvgIpc) is 2.62. The van der Waals surface area contributed by atoms with E-state index in [1.54, 1.807) is 38.1 Å². The van der Waals surface area contributed by atoms with Gasteiger partial charge in [-0.3, -0.25) is 4.72 Å². The summed E-state index contributed by atoms with van der Waals surface area (Å²) in [6.45, 7) is 5.67. The molecular formula is C20H21FN2O3S. The Hall–Kier alpha value is -2.67. The lowest BCUT2D eigenvalue weighted by Crippen LogP contribution is -2.16. The molecule has 0 spiro atoms. The monoisotopic (exact) mass is 388 g/mol. The summed E-state index contributed by atoms with van der Waals surface area (Å²) in [7, 11) is -3.40. The molecule has 0 unspecified atom stereocenters. The average molecular weight is 388 g/mol. The summed E-state index contributed by atoms with van der Waals surface area (Å²) in [6, 6.07) is 12.0. The number of benzene rings is 2. The van der Waals surface area contributed by atoms with E-state index in [-0.39, 0.29) is 11.6 Å². The molecule has 142 valence electrons. The number of pyridine rings is 1. The molecule has 2 aromatic carbocycles. The molecule has 1 heterocycles. The highest BCUT2D eigenvalue weighted by atomic mass is 32.2. The van der Waals surface area contributed by atoms with Crippen LogP contribution in [0.3, 0.4) is 0 Å². The molecule has 0 aliphatic heterocycles. The van der Waals surface area contributed by atoms with Gasteiger partial charge in [-0.1, -0.05) is 6.07 Å². The number of hydrogen-bond acceptors (Lipinski definition) is 4. The molecule has 0 aliphatic carbocycles. The van der Waals surface area contributed by atoms with Crippen molar-refractivity contribution in [3.8, 4) is 16.9 Å². The number of halogens is 1. The van der Waals surface area contributed by atoms with Gasteiger partial charge in [0.05, 0.1) is 17.9 Å². The molecule has 0 saturated carbocycles. The van der Waals surface area contributed by atoms with E-state index < -0.39 is 10.0 Å². The summed E-state index contributed by atoms with van der Waals surface area (Å²) in [5.74, 6) is 0.411. The highest BCUT2D eigenvalue weighted by Gasteiger charge is 2.13. The number of nitrogens with one attached hydrogen (secondary N) is 1. The Labute approximate surface area is 158 Å². The summed E-state index contributed by atoms with van der Waals surface area (Å²) in [5.41, 5.74) is 2.51. The van der Waals surface area contributed by atoms with E-state index in [9.17, 15) is 12.8 Å². The first-order valence-corrected chi connectivity index (χ1v) is 10.3. The minimum atomic E-state index is -3.40. The van der Waals surface area contributed by atoms with Crippen LogP contribution in [0.1, 0.15) is 19.4 Å². The number of ether oxygens (including phenoxy) is 1. The van der Waals surface area contributed by atoms with Gasteiger partial charge in [0, 0.05) is 17.0 Å². The first kappa shape index (κ1) is 19.1. The fourth-order valence-electron chi connectivity index (χ4n) is 2.76. The number of rotatable bonds is 6. The van der Waals surface area contributed by atoms with Gasteiger partial charge in [0.25, 0.3) is 0 Å². The molecule has 5 nitrogen and oxygen atoms in total. The lowest BCUT2D eigenvalue weighted by Gasteiger charge is -2.11. The maximum atomic E-state index is 14.5. The van der Waals surface area contributed by atoms with Crippen LogP contribution in [-0.4, -0.2) is 25.8 Å². The molecular weight excluding hydrogens is 367 g/mol. The zero-order chi connectivity index (χ0) is 19.6. The Morgan fingerprint density at radius 3 is 2.56 bits per heavy atom. The van der Waals surface area contributed by atoms with Gasteiger partial charge in [-0.05, 0) is 62.2 Å². The molecule has 0 radical (unpaired) electrons. The van der Waals surface area contributed by atoms with Gasteiger partial charge >= 0.3 is 0 Å². The minimum absolute atomic E-state index is 0.0257. The second-order valence-electron chi connectivity index (χ2n) is 6.14. The molecule has 0 fully saturated rings. The van der Waals surface area contributed by atoms with Crippen LogP contribution in [0.15, 0.2) is 42.5 Å². The second-order valence-corrected chi connectivity index (χ2v) is 8.15. The van der Waals surface area contributed by atoms with Crippen LogP contribution in [0.25, 0.3) is 22.0 Å². The lowest BCUT2D eigenvalue weighted by atomic mass is 10.0. The molecule has 1 aromatic heterocycles. The van der Waals surface area contributed by atoms with Crippen molar-refractivity contribution in [3.63, 3.8) is 0 Å². The standard InChI is InChI=1S/C20H21FN2O3S/c1-4-26-16-7-8-17(18(21)12-16)14-6-9-19-15(11-14)10-13(3)20(22-19)23-27(24,25)5-2/h6-12H,4-5H2,1-3H3,(H,22,23). The van der Waals surface area contributed by atoms with Crippen molar-refractivity contribution in [1.82, 2.24) is 4.98 Å². The van der Waals surface area contributed by atoms with Crippen LogP contribution in [0, 0.1) is 12.7 Å². The van der Waals surface area contributed by atoms with Gasteiger partial charge in [0.2, 0.25) is 10.0 Å². The van der Waals surface area contributed by atoms with E-state index in [1.807, 2.05) is 19.1 Å². The number of hydrogen-bond donors (Lipinski definition) is 1. The Bertz CT molecular complexity index is 1100. The third kappa shape index (κ3) is 4.19. The molecule has 0 atom stereocenters. The van der Waals surface area contributed by atoms with Crippen molar-refractivity contribution < 1.29 is 17.5 Å². The number of aryl methyl sites for hydroxylation is 1. The predicted octanol–water partition coefficient (Wildman–Crippen LogP) is 4.51. The number of sulfonamides is 1.